The highest BCUT2D eigenvalue weighted by molar-refractivity contribution is 7.91. The SMILES string of the molecule is COC[C@H](Nc1nc(N2CCN(c3ccc(Cl)cc3)CC2)nc2c1[S+]([O-])CC2)c1nc2ccc(Cl)cc2[nH]1. The van der Waals surface area contributed by atoms with Gasteiger partial charge in [-0.05, 0) is 53.6 Å². The fourth-order valence-electron chi connectivity index (χ4n) is 4.93. The summed E-state index contributed by atoms with van der Waals surface area (Å²) in [5, 5.41) is 4.84. The van der Waals surface area contributed by atoms with Crippen molar-refractivity contribution in [2.45, 2.75) is 17.4 Å². The third-order valence-electron chi connectivity index (χ3n) is 6.87. The van der Waals surface area contributed by atoms with Gasteiger partial charge >= 0.3 is 0 Å². The minimum Gasteiger partial charge on any atom is -0.611 e. The van der Waals surface area contributed by atoms with Crippen LogP contribution in [0.2, 0.25) is 10.0 Å². The largest absolute Gasteiger partial charge is 0.611 e. The number of H-pyrrole nitrogens is 1. The zero-order chi connectivity index (χ0) is 26.2. The van der Waals surface area contributed by atoms with E-state index < -0.39 is 11.2 Å². The van der Waals surface area contributed by atoms with Crippen LogP contribution in [0.25, 0.3) is 11.0 Å². The summed E-state index contributed by atoms with van der Waals surface area (Å²) in [5.41, 5.74) is 3.63. The second kappa shape index (κ2) is 10.8. The Kier molecular flexibility index (Phi) is 7.24. The summed E-state index contributed by atoms with van der Waals surface area (Å²) >= 11 is 11.1. The number of aryl methyl sites for hydroxylation is 1. The van der Waals surface area contributed by atoms with E-state index >= 15 is 0 Å². The second-order valence-electron chi connectivity index (χ2n) is 9.33. The minimum atomic E-state index is -1.16. The first-order chi connectivity index (χ1) is 18.5. The molecule has 0 aliphatic carbocycles. The monoisotopic (exact) mass is 571 g/mol. The number of methoxy groups -OCH3 is 1. The molecular weight excluding hydrogens is 545 g/mol. The molecule has 0 spiro atoms. The van der Waals surface area contributed by atoms with E-state index in [-0.39, 0.29) is 6.04 Å². The number of nitrogens with one attached hydrogen (secondary N) is 2. The number of piperazine rings is 1. The average molecular weight is 573 g/mol. The maximum atomic E-state index is 12.9. The lowest BCUT2D eigenvalue weighted by Gasteiger charge is -2.36. The molecule has 0 radical (unpaired) electrons. The van der Waals surface area contributed by atoms with Crippen LogP contribution in [0.15, 0.2) is 47.4 Å². The van der Waals surface area contributed by atoms with Gasteiger partial charge in [-0.3, -0.25) is 0 Å². The highest BCUT2D eigenvalue weighted by Gasteiger charge is 2.34. The Bertz CT molecular complexity index is 1440. The molecule has 12 heteroatoms. The summed E-state index contributed by atoms with van der Waals surface area (Å²) in [6.45, 7) is 3.56. The van der Waals surface area contributed by atoms with Gasteiger partial charge in [-0.2, -0.15) is 4.98 Å². The van der Waals surface area contributed by atoms with E-state index in [4.69, 9.17) is 42.9 Å². The van der Waals surface area contributed by atoms with Crippen LogP contribution < -0.4 is 15.1 Å². The van der Waals surface area contributed by atoms with Crippen molar-refractivity contribution in [2.24, 2.45) is 0 Å². The maximum Gasteiger partial charge on any atom is 0.228 e. The molecule has 0 amide bonds. The van der Waals surface area contributed by atoms with Crippen molar-refractivity contribution in [3.8, 4) is 0 Å². The molecule has 2 N–H and O–H groups in total. The molecule has 4 aromatic rings. The standard InChI is InChI=1S/C26H27Cl2N7O2S/c1-37-15-22(24-29-19-7-4-17(28)14-21(19)30-24)31-25-23-20(8-13-38(23)36)32-26(33-25)35-11-9-34(10-12-35)18-5-2-16(27)3-6-18/h2-7,14,22H,8-13,15H2,1H3,(H,29,30)(H,31,32,33)/t22-,38?/m0/s1. The number of rotatable bonds is 7. The number of benzene rings is 2. The van der Waals surface area contributed by atoms with Crippen molar-refractivity contribution < 1.29 is 9.29 Å². The van der Waals surface area contributed by atoms with Gasteiger partial charge in [0.05, 0.1) is 17.6 Å². The van der Waals surface area contributed by atoms with Gasteiger partial charge in [0.15, 0.2) is 5.82 Å². The summed E-state index contributed by atoms with van der Waals surface area (Å²) in [5.74, 6) is 2.46. The molecule has 1 fully saturated rings. The molecule has 2 aliphatic rings. The molecule has 9 nitrogen and oxygen atoms in total. The Morgan fingerprint density at radius 2 is 1.76 bits per heavy atom. The van der Waals surface area contributed by atoms with E-state index in [1.165, 1.54) is 0 Å². The number of halogens is 2. The van der Waals surface area contributed by atoms with Gasteiger partial charge in [-0.25, -0.2) is 9.97 Å². The quantitative estimate of drug-likeness (QED) is 0.313. The van der Waals surface area contributed by atoms with E-state index in [2.05, 4.69) is 20.1 Å². The van der Waals surface area contributed by atoms with E-state index in [9.17, 15) is 4.55 Å². The van der Waals surface area contributed by atoms with Crippen LogP contribution in [0.3, 0.4) is 0 Å². The third-order valence-corrected chi connectivity index (χ3v) is 8.81. The number of ether oxygens (including phenoxy) is 1. The van der Waals surface area contributed by atoms with Gasteiger partial charge in [0, 0.05) is 55.4 Å². The molecule has 2 aromatic carbocycles. The molecule has 198 valence electrons. The summed E-state index contributed by atoms with van der Waals surface area (Å²) in [6, 6.07) is 13.1. The van der Waals surface area contributed by atoms with E-state index in [0.29, 0.717) is 46.3 Å². The van der Waals surface area contributed by atoms with Crippen molar-refractivity contribution in [2.75, 3.05) is 60.8 Å². The van der Waals surface area contributed by atoms with Crippen LogP contribution >= 0.6 is 23.2 Å². The van der Waals surface area contributed by atoms with Gasteiger partial charge in [0.1, 0.15) is 23.3 Å². The van der Waals surface area contributed by atoms with Crippen molar-refractivity contribution in [3.63, 3.8) is 0 Å². The molecule has 0 saturated carbocycles. The zero-order valence-electron chi connectivity index (χ0n) is 20.8. The number of hydrogen-bond donors (Lipinski definition) is 2. The Morgan fingerprint density at radius 3 is 2.53 bits per heavy atom. The number of nitrogens with zero attached hydrogens (tertiary/aromatic N) is 5. The summed E-state index contributed by atoms with van der Waals surface area (Å²) in [6.07, 6.45) is 0.662. The number of anilines is 3. The fraction of sp³-hybridized carbons (Fsp3) is 0.346. The highest BCUT2D eigenvalue weighted by Crippen LogP contribution is 2.34. The molecule has 2 aliphatic heterocycles. The fourth-order valence-corrected chi connectivity index (χ4v) is 6.54. The molecular formula is C26H27Cl2N7O2S. The van der Waals surface area contributed by atoms with Gasteiger partial charge in [0.2, 0.25) is 10.8 Å². The summed E-state index contributed by atoms with van der Waals surface area (Å²) in [7, 11) is 1.64. The molecule has 1 unspecified atom stereocenters. The molecule has 0 bridgehead atoms. The number of aromatic nitrogens is 4. The lowest BCUT2D eigenvalue weighted by atomic mass is 10.2. The topological polar surface area (TPSA) is 105 Å². The predicted octanol–water partition coefficient (Wildman–Crippen LogP) is 4.45. The number of hydrogen-bond acceptors (Lipinski definition) is 8. The van der Waals surface area contributed by atoms with Crippen molar-refractivity contribution in [3.05, 3.63) is 64.0 Å². The molecule has 6 rings (SSSR count). The summed E-state index contributed by atoms with van der Waals surface area (Å²) < 4.78 is 18.5. The lowest BCUT2D eigenvalue weighted by molar-refractivity contribution is 0.184. The van der Waals surface area contributed by atoms with Crippen molar-refractivity contribution >= 4 is 62.9 Å². The molecule has 2 atom stereocenters. The maximum absolute atomic E-state index is 12.9. The zero-order valence-corrected chi connectivity index (χ0v) is 23.1. The van der Waals surface area contributed by atoms with E-state index in [1.807, 2.05) is 42.5 Å². The lowest BCUT2D eigenvalue weighted by Crippen LogP contribution is -2.47. The van der Waals surface area contributed by atoms with Crippen LogP contribution in [-0.4, -0.2) is 70.1 Å². The minimum absolute atomic E-state index is 0.336. The third kappa shape index (κ3) is 5.11. The van der Waals surface area contributed by atoms with Crippen LogP contribution in [-0.2, 0) is 22.3 Å². The summed E-state index contributed by atoms with van der Waals surface area (Å²) in [4.78, 5) is 23.0. The Balaban J connectivity index is 1.27. The predicted molar refractivity (Wildman–Crippen MR) is 152 cm³/mol. The number of imidazole rings is 1. The average Bonchev–Trinajstić information content (AvgIpc) is 3.52. The Labute approximate surface area is 233 Å². The van der Waals surface area contributed by atoms with Crippen molar-refractivity contribution in [1.29, 1.82) is 0 Å². The second-order valence-corrected chi connectivity index (χ2v) is 11.7. The normalized spacial score (nSPS) is 18.2. The van der Waals surface area contributed by atoms with Gasteiger partial charge in [-0.1, -0.05) is 23.2 Å². The number of fused-ring (bicyclic) bond motifs is 2. The van der Waals surface area contributed by atoms with E-state index in [0.717, 1.165) is 53.6 Å². The molecule has 4 heterocycles. The Hall–Kier alpha value is -2.76. The molecule has 2 aromatic heterocycles. The Morgan fingerprint density at radius 1 is 1.03 bits per heavy atom. The van der Waals surface area contributed by atoms with Gasteiger partial charge < -0.3 is 29.4 Å². The van der Waals surface area contributed by atoms with Gasteiger partial charge in [-0.15, -0.1) is 0 Å². The van der Waals surface area contributed by atoms with Gasteiger partial charge in [0.25, 0.3) is 0 Å². The smallest absolute Gasteiger partial charge is 0.228 e. The van der Waals surface area contributed by atoms with Crippen LogP contribution in [0.5, 0.6) is 0 Å². The first-order valence-corrected chi connectivity index (χ1v) is 14.5. The van der Waals surface area contributed by atoms with Crippen molar-refractivity contribution in [1.82, 2.24) is 19.9 Å². The molecule has 38 heavy (non-hydrogen) atoms. The van der Waals surface area contributed by atoms with E-state index in [1.54, 1.807) is 7.11 Å². The van der Waals surface area contributed by atoms with Crippen LogP contribution in [0.1, 0.15) is 17.6 Å². The van der Waals surface area contributed by atoms with Crippen LogP contribution in [0.4, 0.5) is 17.5 Å². The number of aromatic amines is 1. The van der Waals surface area contributed by atoms with Crippen LogP contribution in [0, 0.1) is 0 Å². The highest BCUT2D eigenvalue weighted by atomic mass is 35.5. The first-order valence-electron chi connectivity index (χ1n) is 12.4. The molecule has 1 saturated heterocycles. The first kappa shape index (κ1) is 25.5.